The van der Waals surface area contributed by atoms with Gasteiger partial charge >= 0.3 is 5.97 Å². The Labute approximate surface area is 262 Å². The number of fused-ring (bicyclic) bond motifs is 1. The lowest BCUT2D eigenvalue weighted by Gasteiger charge is -2.25. The molecule has 1 aliphatic rings. The average molecular weight is 640 g/mol. The summed E-state index contributed by atoms with van der Waals surface area (Å²) in [6.07, 6.45) is 1.77. The third-order valence-corrected chi connectivity index (χ3v) is 8.41. The first-order valence-electron chi connectivity index (χ1n) is 13.3. The molecule has 0 spiro atoms. The topological polar surface area (TPSA) is 88.4 Å². The highest BCUT2D eigenvalue weighted by molar-refractivity contribution is 7.07. The van der Waals surface area contributed by atoms with Crippen molar-refractivity contribution in [3.05, 3.63) is 118 Å². The minimum absolute atomic E-state index is 0.171. The molecule has 0 bridgehead atoms. The maximum Gasteiger partial charge on any atom is 0.338 e. The Balaban J connectivity index is 1.61. The molecule has 43 heavy (non-hydrogen) atoms. The lowest BCUT2D eigenvalue weighted by atomic mass is 9.95. The zero-order chi connectivity index (χ0) is 30.7. The van der Waals surface area contributed by atoms with Gasteiger partial charge in [-0.25, -0.2) is 9.79 Å². The highest BCUT2D eigenvalue weighted by Gasteiger charge is 2.34. The Morgan fingerprint density at radius 3 is 2.51 bits per heavy atom. The molecule has 1 atom stereocenters. The number of thiazole rings is 1. The number of benzene rings is 3. The number of esters is 1. The van der Waals surface area contributed by atoms with Crippen molar-refractivity contribution >= 4 is 46.6 Å². The molecule has 5 rings (SSSR count). The fourth-order valence-corrected chi connectivity index (χ4v) is 6.30. The van der Waals surface area contributed by atoms with Crippen LogP contribution >= 0.6 is 34.5 Å². The van der Waals surface area contributed by atoms with Crippen LogP contribution in [-0.2, 0) is 16.1 Å². The van der Waals surface area contributed by atoms with Crippen molar-refractivity contribution < 1.29 is 23.7 Å². The van der Waals surface area contributed by atoms with Crippen LogP contribution in [0.15, 0.2) is 81.7 Å². The Morgan fingerprint density at radius 1 is 1.02 bits per heavy atom. The number of hydrogen-bond acceptors (Lipinski definition) is 8. The van der Waals surface area contributed by atoms with Crippen molar-refractivity contribution in [2.45, 2.75) is 26.5 Å². The molecule has 0 fully saturated rings. The van der Waals surface area contributed by atoms with Gasteiger partial charge in [0.05, 0.1) is 42.7 Å². The molecule has 0 radical (unpaired) electrons. The van der Waals surface area contributed by atoms with Crippen molar-refractivity contribution in [1.82, 2.24) is 4.57 Å². The summed E-state index contributed by atoms with van der Waals surface area (Å²) >= 11 is 13.6. The number of carbonyl (C=O) groups excluding carboxylic acids is 1. The number of aromatic nitrogens is 1. The molecule has 2 heterocycles. The van der Waals surface area contributed by atoms with Gasteiger partial charge in [-0.15, -0.1) is 0 Å². The molecule has 0 saturated carbocycles. The van der Waals surface area contributed by atoms with E-state index in [-0.39, 0.29) is 24.3 Å². The summed E-state index contributed by atoms with van der Waals surface area (Å²) in [7, 11) is 3.10. The van der Waals surface area contributed by atoms with Crippen LogP contribution in [0, 0.1) is 0 Å². The van der Waals surface area contributed by atoms with E-state index in [1.165, 1.54) is 23.0 Å². The number of hydrogen-bond donors (Lipinski definition) is 0. The van der Waals surface area contributed by atoms with Crippen molar-refractivity contribution in [3.63, 3.8) is 0 Å². The van der Waals surface area contributed by atoms with Gasteiger partial charge in [0.25, 0.3) is 5.56 Å². The summed E-state index contributed by atoms with van der Waals surface area (Å²) in [6.45, 7) is 3.82. The Bertz CT molecular complexity index is 1910. The number of methoxy groups -OCH3 is 2. The number of carbonyl (C=O) groups is 1. The van der Waals surface area contributed by atoms with Gasteiger partial charge in [-0.1, -0.05) is 64.9 Å². The van der Waals surface area contributed by atoms with Crippen molar-refractivity contribution in [2.75, 3.05) is 20.8 Å². The van der Waals surface area contributed by atoms with Crippen LogP contribution in [0.4, 0.5) is 0 Å². The summed E-state index contributed by atoms with van der Waals surface area (Å²) in [5, 5.41) is 1.01. The van der Waals surface area contributed by atoms with Gasteiger partial charge in [-0.2, -0.15) is 0 Å². The van der Waals surface area contributed by atoms with E-state index in [1.807, 2.05) is 24.3 Å². The summed E-state index contributed by atoms with van der Waals surface area (Å²) in [6, 6.07) is 17.1. The molecule has 11 heteroatoms. The summed E-state index contributed by atoms with van der Waals surface area (Å²) in [4.78, 5) is 32.3. The maximum absolute atomic E-state index is 14.0. The van der Waals surface area contributed by atoms with Crippen LogP contribution < -0.4 is 29.1 Å². The molecule has 0 N–H and O–H groups in total. The number of rotatable bonds is 9. The van der Waals surface area contributed by atoms with E-state index in [1.54, 1.807) is 63.4 Å². The fourth-order valence-electron chi connectivity index (χ4n) is 4.80. The Morgan fingerprint density at radius 2 is 1.79 bits per heavy atom. The zero-order valence-electron chi connectivity index (χ0n) is 23.9. The lowest BCUT2D eigenvalue weighted by Crippen LogP contribution is -2.40. The van der Waals surface area contributed by atoms with E-state index >= 15 is 0 Å². The standard InChI is InChI=1S/C32H28Cl2N2O6S/c1-5-41-31(38)28-18(2)35-32-36(30(37)27(43-32)15-19-8-6-7-9-24(19)39-3)29(28)20-11-13-25(26(14-20)40-4)42-17-21-10-12-22(33)16-23(21)34/h6-16,29H,5,17H2,1-4H3/t29-/m0/s1. The highest BCUT2D eigenvalue weighted by atomic mass is 35.5. The second-order valence-corrected chi connectivity index (χ2v) is 11.3. The molecule has 1 aromatic heterocycles. The minimum Gasteiger partial charge on any atom is -0.496 e. The molecule has 8 nitrogen and oxygen atoms in total. The maximum atomic E-state index is 14.0. The molecule has 3 aromatic carbocycles. The quantitative estimate of drug-likeness (QED) is 0.219. The van der Waals surface area contributed by atoms with E-state index in [2.05, 4.69) is 4.99 Å². The molecule has 222 valence electrons. The van der Waals surface area contributed by atoms with Crippen LogP contribution in [-0.4, -0.2) is 31.4 Å². The van der Waals surface area contributed by atoms with Crippen molar-refractivity contribution in [1.29, 1.82) is 0 Å². The third-order valence-electron chi connectivity index (χ3n) is 6.84. The van der Waals surface area contributed by atoms with Gasteiger partial charge in [0, 0.05) is 21.2 Å². The Hall–Kier alpha value is -4.05. The fraction of sp³-hybridized carbons (Fsp3) is 0.219. The van der Waals surface area contributed by atoms with Gasteiger partial charge in [0.1, 0.15) is 12.4 Å². The van der Waals surface area contributed by atoms with Gasteiger partial charge < -0.3 is 18.9 Å². The van der Waals surface area contributed by atoms with E-state index < -0.39 is 12.0 Å². The lowest BCUT2D eigenvalue weighted by molar-refractivity contribution is -0.139. The number of nitrogens with zero attached hydrogens (tertiary/aromatic N) is 2. The van der Waals surface area contributed by atoms with E-state index in [9.17, 15) is 9.59 Å². The minimum atomic E-state index is -0.816. The second kappa shape index (κ2) is 13.1. The van der Waals surface area contributed by atoms with Gasteiger partial charge in [-0.05, 0) is 55.8 Å². The monoisotopic (exact) mass is 638 g/mol. The van der Waals surface area contributed by atoms with Crippen LogP contribution in [0.25, 0.3) is 6.08 Å². The van der Waals surface area contributed by atoms with Gasteiger partial charge in [0.15, 0.2) is 16.3 Å². The Kier molecular flexibility index (Phi) is 9.25. The van der Waals surface area contributed by atoms with Gasteiger partial charge in [0.2, 0.25) is 0 Å². The smallest absolute Gasteiger partial charge is 0.338 e. The molecule has 0 saturated heterocycles. The van der Waals surface area contributed by atoms with E-state index in [4.69, 9.17) is 42.1 Å². The average Bonchev–Trinajstić information content (AvgIpc) is 3.30. The predicted molar refractivity (Wildman–Crippen MR) is 167 cm³/mol. The van der Waals surface area contributed by atoms with Crippen LogP contribution in [0.2, 0.25) is 10.0 Å². The third kappa shape index (κ3) is 6.20. The van der Waals surface area contributed by atoms with Crippen molar-refractivity contribution in [3.8, 4) is 17.2 Å². The first-order chi connectivity index (χ1) is 20.7. The van der Waals surface area contributed by atoms with E-state index in [0.717, 1.165) is 11.1 Å². The normalized spacial score (nSPS) is 14.7. The zero-order valence-corrected chi connectivity index (χ0v) is 26.2. The first-order valence-corrected chi connectivity index (χ1v) is 14.9. The molecule has 0 amide bonds. The second-order valence-electron chi connectivity index (χ2n) is 9.48. The summed E-state index contributed by atoms with van der Waals surface area (Å²) in [5.74, 6) is 0.953. The number of para-hydroxylation sites is 1. The highest BCUT2D eigenvalue weighted by Crippen LogP contribution is 2.37. The summed E-state index contributed by atoms with van der Waals surface area (Å²) in [5.41, 5.74) is 2.55. The number of halogens is 2. The van der Waals surface area contributed by atoms with Crippen LogP contribution in [0.3, 0.4) is 0 Å². The number of ether oxygens (including phenoxy) is 4. The van der Waals surface area contributed by atoms with Crippen LogP contribution in [0.1, 0.15) is 36.6 Å². The molecular formula is C32H28Cl2N2O6S. The van der Waals surface area contributed by atoms with Gasteiger partial charge in [-0.3, -0.25) is 9.36 Å². The predicted octanol–water partition coefficient (Wildman–Crippen LogP) is 5.70. The molecule has 1 aliphatic heterocycles. The largest absolute Gasteiger partial charge is 0.496 e. The summed E-state index contributed by atoms with van der Waals surface area (Å²) < 4.78 is 24.6. The molecule has 0 aliphatic carbocycles. The molecular weight excluding hydrogens is 611 g/mol. The SMILES string of the molecule is CCOC(=O)C1=C(C)N=c2sc(=Cc3ccccc3OC)c(=O)n2[C@H]1c1ccc(OCc2ccc(Cl)cc2Cl)c(OC)c1. The molecule has 0 unspecified atom stereocenters. The molecule has 4 aromatic rings. The number of allylic oxidation sites excluding steroid dienone is 1. The van der Waals surface area contributed by atoms with Crippen LogP contribution in [0.5, 0.6) is 17.2 Å². The first kappa shape index (κ1) is 30.4. The van der Waals surface area contributed by atoms with E-state index in [0.29, 0.717) is 47.9 Å². The van der Waals surface area contributed by atoms with Crippen molar-refractivity contribution in [2.24, 2.45) is 4.99 Å².